The summed E-state index contributed by atoms with van der Waals surface area (Å²) in [6.07, 6.45) is 2.09. The molecule has 1 aliphatic carbocycles. The van der Waals surface area contributed by atoms with Gasteiger partial charge in [0.2, 0.25) is 0 Å². The van der Waals surface area contributed by atoms with Gasteiger partial charge in [0, 0.05) is 19.7 Å². The van der Waals surface area contributed by atoms with Crippen LogP contribution in [0, 0.1) is 0 Å². The zero-order chi connectivity index (χ0) is 14.0. The third-order valence-electron chi connectivity index (χ3n) is 3.09. The molecule has 1 amide bonds. The van der Waals surface area contributed by atoms with E-state index in [0.29, 0.717) is 23.2 Å². The quantitative estimate of drug-likeness (QED) is 0.736. The highest BCUT2D eigenvalue weighted by atomic mass is 32.1. The average Bonchev–Trinajstić information content (AvgIpc) is 3.08. The largest absolute Gasteiger partial charge is 0.382 e. The van der Waals surface area contributed by atoms with Gasteiger partial charge in [-0.25, -0.2) is 0 Å². The standard InChI is InChI=1S/C12H20N4O2S/c1-12(2,18-3)6-14-11-8(9(13)16-19-11)10(17)15-7-4-5-7/h7,14H,4-6H2,1-3H3,(H2,13,16)(H,15,17). The van der Waals surface area contributed by atoms with Crippen LogP contribution in [-0.2, 0) is 4.74 Å². The first kappa shape index (κ1) is 14.1. The number of hydrogen-bond donors (Lipinski definition) is 3. The van der Waals surface area contributed by atoms with Crippen molar-refractivity contribution in [2.24, 2.45) is 0 Å². The second kappa shape index (κ2) is 5.34. The molecule has 0 aliphatic heterocycles. The van der Waals surface area contributed by atoms with Gasteiger partial charge in [-0.3, -0.25) is 4.79 Å². The Balaban J connectivity index is 2.06. The van der Waals surface area contributed by atoms with Gasteiger partial charge in [-0.1, -0.05) is 0 Å². The minimum atomic E-state index is -0.316. The molecule has 1 fully saturated rings. The highest BCUT2D eigenvalue weighted by molar-refractivity contribution is 7.11. The van der Waals surface area contributed by atoms with Gasteiger partial charge in [0.1, 0.15) is 10.6 Å². The molecule has 0 aromatic carbocycles. The number of hydrogen-bond acceptors (Lipinski definition) is 6. The lowest BCUT2D eigenvalue weighted by molar-refractivity contribution is 0.0344. The molecule has 0 atom stereocenters. The number of nitrogen functional groups attached to an aromatic ring is 1. The molecule has 1 aromatic heterocycles. The molecule has 0 unspecified atom stereocenters. The van der Waals surface area contributed by atoms with Gasteiger partial charge >= 0.3 is 0 Å². The highest BCUT2D eigenvalue weighted by Gasteiger charge is 2.28. The number of anilines is 2. The maximum Gasteiger partial charge on any atom is 0.258 e. The fraction of sp³-hybridized carbons (Fsp3) is 0.667. The lowest BCUT2D eigenvalue weighted by Crippen LogP contribution is -2.33. The smallest absolute Gasteiger partial charge is 0.258 e. The topological polar surface area (TPSA) is 89.3 Å². The first-order chi connectivity index (χ1) is 8.93. The summed E-state index contributed by atoms with van der Waals surface area (Å²) in [7, 11) is 1.66. The molecule has 0 spiro atoms. The summed E-state index contributed by atoms with van der Waals surface area (Å²) >= 11 is 1.20. The number of nitrogens with two attached hydrogens (primary N) is 1. The van der Waals surface area contributed by atoms with E-state index in [0.717, 1.165) is 12.8 Å². The number of methoxy groups -OCH3 is 1. The van der Waals surface area contributed by atoms with Crippen LogP contribution in [0.15, 0.2) is 0 Å². The van der Waals surface area contributed by atoms with E-state index in [1.807, 2.05) is 13.8 Å². The van der Waals surface area contributed by atoms with E-state index in [-0.39, 0.29) is 17.3 Å². The van der Waals surface area contributed by atoms with Crippen molar-refractivity contribution >= 4 is 28.3 Å². The number of aromatic nitrogens is 1. The SMILES string of the molecule is COC(C)(C)CNc1snc(N)c1C(=O)NC1CC1. The van der Waals surface area contributed by atoms with Crippen LogP contribution in [0.1, 0.15) is 37.0 Å². The van der Waals surface area contributed by atoms with Crippen LogP contribution in [-0.4, -0.2) is 35.6 Å². The second-order valence-corrected chi connectivity index (χ2v) is 6.11. The number of nitrogens with one attached hydrogen (secondary N) is 2. The zero-order valence-electron chi connectivity index (χ0n) is 11.4. The van der Waals surface area contributed by atoms with Crippen molar-refractivity contribution in [3.05, 3.63) is 5.56 Å². The van der Waals surface area contributed by atoms with Crippen LogP contribution < -0.4 is 16.4 Å². The van der Waals surface area contributed by atoms with Crippen LogP contribution in [0.5, 0.6) is 0 Å². The van der Waals surface area contributed by atoms with Crippen molar-refractivity contribution in [2.75, 3.05) is 24.7 Å². The van der Waals surface area contributed by atoms with Crippen molar-refractivity contribution in [3.8, 4) is 0 Å². The summed E-state index contributed by atoms with van der Waals surface area (Å²) in [4.78, 5) is 12.1. The van der Waals surface area contributed by atoms with Gasteiger partial charge in [-0.05, 0) is 38.2 Å². The van der Waals surface area contributed by atoms with E-state index >= 15 is 0 Å². The number of carbonyl (C=O) groups excluding carboxylic acids is 1. The van der Waals surface area contributed by atoms with Crippen LogP contribution in [0.2, 0.25) is 0 Å². The summed E-state index contributed by atoms with van der Waals surface area (Å²) in [6, 6.07) is 0.301. The van der Waals surface area contributed by atoms with E-state index < -0.39 is 0 Å². The number of rotatable bonds is 6. The number of nitrogens with zero attached hydrogens (tertiary/aromatic N) is 1. The molecule has 0 saturated heterocycles. The average molecular weight is 284 g/mol. The van der Waals surface area contributed by atoms with Crippen molar-refractivity contribution < 1.29 is 9.53 Å². The van der Waals surface area contributed by atoms with Crippen LogP contribution in [0.25, 0.3) is 0 Å². The molecular formula is C12H20N4O2S. The molecular weight excluding hydrogens is 264 g/mol. The van der Waals surface area contributed by atoms with E-state index in [4.69, 9.17) is 10.5 Å². The zero-order valence-corrected chi connectivity index (χ0v) is 12.3. The Morgan fingerprint density at radius 3 is 2.84 bits per heavy atom. The molecule has 1 heterocycles. The van der Waals surface area contributed by atoms with Gasteiger partial charge in [-0.15, -0.1) is 0 Å². The number of carbonyl (C=O) groups is 1. The van der Waals surface area contributed by atoms with Crippen molar-refractivity contribution in [2.45, 2.75) is 38.3 Å². The van der Waals surface area contributed by atoms with Crippen LogP contribution in [0.3, 0.4) is 0 Å². The predicted molar refractivity (Wildman–Crippen MR) is 76.6 cm³/mol. The van der Waals surface area contributed by atoms with Crippen LogP contribution in [0.4, 0.5) is 10.8 Å². The Bertz CT molecular complexity index is 468. The summed E-state index contributed by atoms with van der Waals surface area (Å²) in [6.45, 7) is 4.51. The molecule has 1 saturated carbocycles. The molecule has 1 aliphatic rings. The monoisotopic (exact) mass is 284 g/mol. The summed E-state index contributed by atoms with van der Waals surface area (Å²) in [5, 5.41) is 6.81. The molecule has 1 aromatic rings. The molecule has 0 radical (unpaired) electrons. The summed E-state index contributed by atoms with van der Waals surface area (Å²) in [5.41, 5.74) is 5.91. The van der Waals surface area contributed by atoms with Gasteiger partial charge in [0.25, 0.3) is 5.91 Å². The summed E-state index contributed by atoms with van der Waals surface area (Å²) in [5.74, 6) is 0.132. The Morgan fingerprint density at radius 1 is 1.58 bits per heavy atom. The second-order valence-electron chi connectivity index (χ2n) is 5.34. The summed E-state index contributed by atoms with van der Waals surface area (Å²) < 4.78 is 9.38. The third kappa shape index (κ3) is 3.57. The maximum absolute atomic E-state index is 12.1. The Labute approximate surface area is 116 Å². The highest BCUT2D eigenvalue weighted by Crippen LogP contribution is 2.29. The van der Waals surface area contributed by atoms with Gasteiger partial charge in [-0.2, -0.15) is 4.37 Å². The van der Waals surface area contributed by atoms with Crippen molar-refractivity contribution in [3.63, 3.8) is 0 Å². The molecule has 6 nitrogen and oxygen atoms in total. The fourth-order valence-corrected chi connectivity index (χ4v) is 2.20. The van der Waals surface area contributed by atoms with E-state index in [9.17, 15) is 4.79 Å². The Kier molecular flexibility index (Phi) is 3.96. The third-order valence-corrected chi connectivity index (χ3v) is 3.90. The molecule has 19 heavy (non-hydrogen) atoms. The predicted octanol–water partition coefficient (Wildman–Crippen LogP) is 1.45. The molecule has 2 rings (SSSR count). The molecule has 106 valence electrons. The first-order valence-electron chi connectivity index (χ1n) is 6.28. The Morgan fingerprint density at radius 2 is 2.26 bits per heavy atom. The maximum atomic E-state index is 12.1. The molecule has 0 bridgehead atoms. The molecule has 7 heteroatoms. The minimum Gasteiger partial charge on any atom is -0.382 e. The molecule has 4 N–H and O–H groups in total. The van der Waals surface area contributed by atoms with E-state index in [1.165, 1.54) is 11.5 Å². The number of ether oxygens (including phenoxy) is 1. The van der Waals surface area contributed by atoms with Gasteiger partial charge < -0.3 is 21.1 Å². The fourth-order valence-electron chi connectivity index (χ4n) is 1.49. The van der Waals surface area contributed by atoms with Gasteiger partial charge in [0.15, 0.2) is 5.82 Å². The van der Waals surface area contributed by atoms with E-state index in [2.05, 4.69) is 15.0 Å². The van der Waals surface area contributed by atoms with Crippen molar-refractivity contribution in [1.82, 2.24) is 9.69 Å². The lowest BCUT2D eigenvalue weighted by atomic mass is 10.1. The minimum absolute atomic E-state index is 0.147. The first-order valence-corrected chi connectivity index (χ1v) is 7.05. The van der Waals surface area contributed by atoms with Crippen LogP contribution >= 0.6 is 11.5 Å². The Hall–Kier alpha value is -1.34. The van der Waals surface area contributed by atoms with Gasteiger partial charge in [0.05, 0.1) is 5.60 Å². The van der Waals surface area contributed by atoms with E-state index in [1.54, 1.807) is 7.11 Å². The number of amides is 1. The van der Waals surface area contributed by atoms with Crippen molar-refractivity contribution in [1.29, 1.82) is 0 Å². The normalized spacial score (nSPS) is 15.3. The lowest BCUT2D eigenvalue weighted by Gasteiger charge is -2.23.